The largest absolute Gasteiger partial charge is 0.338 e. The topological polar surface area (TPSA) is 73.5 Å². The van der Waals surface area contributed by atoms with Crippen molar-refractivity contribution in [3.63, 3.8) is 0 Å². The number of benzene rings is 1. The summed E-state index contributed by atoms with van der Waals surface area (Å²) < 4.78 is 14.7. The van der Waals surface area contributed by atoms with Crippen LogP contribution in [-0.4, -0.2) is 43.0 Å². The Hall–Kier alpha value is -2.15. The molecule has 3 N–H and O–H groups in total. The summed E-state index contributed by atoms with van der Waals surface area (Å²) in [6.07, 6.45) is 2.72. The summed E-state index contributed by atoms with van der Waals surface area (Å²) >= 11 is 0. The van der Waals surface area contributed by atoms with Crippen LogP contribution < -0.4 is 16.0 Å². The minimum absolute atomic E-state index is 0.0619. The second-order valence-electron chi connectivity index (χ2n) is 8.28. The number of nitrogens with one attached hydrogen (secondary N) is 3. The average molecular weight is 391 g/mol. The van der Waals surface area contributed by atoms with Crippen LogP contribution in [0.2, 0.25) is 0 Å². The Morgan fingerprint density at radius 1 is 1.36 bits per heavy atom. The molecule has 3 amide bonds. The first-order valence-corrected chi connectivity index (χ1v) is 10.3. The predicted octanol–water partition coefficient (Wildman–Crippen LogP) is 2.88. The van der Waals surface area contributed by atoms with E-state index in [1.54, 1.807) is 11.0 Å². The van der Waals surface area contributed by atoms with Crippen LogP contribution in [-0.2, 0) is 17.8 Å². The van der Waals surface area contributed by atoms with E-state index < -0.39 is 0 Å². The first kappa shape index (κ1) is 20.6. The third-order valence-electron chi connectivity index (χ3n) is 5.42. The Balaban J connectivity index is 1.54. The van der Waals surface area contributed by atoms with E-state index in [4.69, 9.17) is 0 Å². The Bertz CT molecular complexity index is 723. The number of likely N-dealkylation sites (tertiary alicyclic amines) is 1. The third kappa shape index (κ3) is 5.22. The van der Waals surface area contributed by atoms with Crippen molar-refractivity contribution >= 4 is 17.6 Å². The van der Waals surface area contributed by atoms with Crippen molar-refractivity contribution in [2.75, 3.05) is 31.5 Å². The second kappa shape index (κ2) is 9.37. The van der Waals surface area contributed by atoms with Crippen molar-refractivity contribution in [2.45, 2.75) is 46.1 Å². The van der Waals surface area contributed by atoms with E-state index in [-0.39, 0.29) is 29.4 Å². The van der Waals surface area contributed by atoms with Gasteiger partial charge in [-0.2, -0.15) is 0 Å². The first-order chi connectivity index (χ1) is 13.4. The third-order valence-corrected chi connectivity index (χ3v) is 5.42. The average Bonchev–Trinajstić information content (AvgIpc) is 2.68. The molecule has 2 heterocycles. The molecule has 2 aliphatic rings. The van der Waals surface area contributed by atoms with Crippen LogP contribution in [0.15, 0.2) is 12.1 Å². The maximum absolute atomic E-state index is 14.7. The molecule has 1 aromatic rings. The molecule has 1 saturated heterocycles. The highest BCUT2D eigenvalue weighted by molar-refractivity contribution is 5.91. The number of carbonyl (C=O) groups is 2. The van der Waals surface area contributed by atoms with Crippen LogP contribution in [0.4, 0.5) is 14.9 Å². The van der Waals surface area contributed by atoms with Crippen molar-refractivity contribution < 1.29 is 14.0 Å². The summed E-state index contributed by atoms with van der Waals surface area (Å²) in [5.74, 6) is -0.00560. The minimum atomic E-state index is -0.314. The van der Waals surface area contributed by atoms with Gasteiger partial charge in [0.2, 0.25) is 5.91 Å². The van der Waals surface area contributed by atoms with E-state index in [2.05, 4.69) is 29.8 Å². The highest BCUT2D eigenvalue weighted by Gasteiger charge is 2.26. The van der Waals surface area contributed by atoms with Crippen molar-refractivity contribution in [3.8, 4) is 0 Å². The predicted molar refractivity (Wildman–Crippen MR) is 108 cm³/mol. The molecule has 1 fully saturated rings. The number of carbonyl (C=O) groups excluding carboxylic acids is 2. The molecular formula is C21H31FN4O2. The van der Waals surface area contributed by atoms with Gasteiger partial charge >= 0.3 is 6.03 Å². The summed E-state index contributed by atoms with van der Waals surface area (Å²) in [5.41, 5.74) is 1.91. The van der Waals surface area contributed by atoms with Crippen LogP contribution in [0, 0.1) is 17.7 Å². The summed E-state index contributed by atoms with van der Waals surface area (Å²) in [5, 5.41) is 8.89. The molecule has 28 heavy (non-hydrogen) atoms. The minimum Gasteiger partial charge on any atom is -0.338 e. The SMILES string of the molecule is CC(C)CNC(=O)N1CCCC(CC(=O)Nc2ccc3c(c2F)CCNC3)C1. The molecule has 1 atom stereocenters. The van der Waals surface area contributed by atoms with Crippen molar-refractivity contribution in [3.05, 3.63) is 29.1 Å². The molecule has 0 bridgehead atoms. The lowest BCUT2D eigenvalue weighted by Crippen LogP contribution is -2.46. The summed E-state index contributed by atoms with van der Waals surface area (Å²) in [6, 6.07) is 3.46. The van der Waals surface area contributed by atoms with Gasteiger partial charge in [0.25, 0.3) is 0 Å². The maximum atomic E-state index is 14.7. The van der Waals surface area contributed by atoms with E-state index in [1.165, 1.54) is 0 Å². The highest BCUT2D eigenvalue weighted by atomic mass is 19.1. The van der Waals surface area contributed by atoms with Crippen molar-refractivity contribution in [1.82, 2.24) is 15.5 Å². The van der Waals surface area contributed by atoms with E-state index in [9.17, 15) is 14.0 Å². The van der Waals surface area contributed by atoms with Gasteiger partial charge in [0, 0.05) is 32.6 Å². The molecule has 0 spiro atoms. The fourth-order valence-electron chi connectivity index (χ4n) is 3.91. The molecule has 3 rings (SSSR count). The fraction of sp³-hybridized carbons (Fsp3) is 0.619. The monoisotopic (exact) mass is 390 g/mol. The molecule has 0 aliphatic carbocycles. The molecule has 1 aromatic carbocycles. The summed E-state index contributed by atoms with van der Waals surface area (Å²) in [4.78, 5) is 26.5. The van der Waals surface area contributed by atoms with Gasteiger partial charge in [0.1, 0.15) is 5.82 Å². The van der Waals surface area contributed by atoms with Crippen LogP contribution in [0.1, 0.15) is 44.2 Å². The Morgan fingerprint density at radius 3 is 2.96 bits per heavy atom. The standard InChI is InChI=1S/C21H31FN4O2/c1-14(2)11-24-21(28)26-9-3-4-15(13-26)10-19(27)25-18-6-5-16-12-23-8-7-17(16)20(18)22/h5-6,14-15,23H,3-4,7-13H2,1-2H3,(H,24,28)(H,25,27). The zero-order chi connectivity index (χ0) is 20.1. The molecule has 1 unspecified atom stereocenters. The lowest BCUT2D eigenvalue weighted by atomic mass is 9.94. The van der Waals surface area contributed by atoms with Crippen LogP contribution in [0.3, 0.4) is 0 Å². The van der Waals surface area contributed by atoms with Crippen molar-refractivity contribution in [1.29, 1.82) is 0 Å². The van der Waals surface area contributed by atoms with Gasteiger partial charge < -0.3 is 20.9 Å². The smallest absolute Gasteiger partial charge is 0.317 e. The number of piperidine rings is 1. The summed E-state index contributed by atoms with van der Waals surface area (Å²) in [6.45, 7) is 7.45. The Labute approximate surface area is 166 Å². The van der Waals surface area contributed by atoms with Gasteiger partial charge in [-0.1, -0.05) is 19.9 Å². The molecule has 0 radical (unpaired) electrons. The zero-order valence-electron chi connectivity index (χ0n) is 16.8. The lowest BCUT2D eigenvalue weighted by Gasteiger charge is -2.32. The Kier molecular flexibility index (Phi) is 6.88. The number of anilines is 1. The van der Waals surface area contributed by atoms with Gasteiger partial charge in [0.05, 0.1) is 5.69 Å². The van der Waals surface area contributed by atoms with E-state index in [0.29, 0.717) is 44.0 Å². The first-order valence-electron chi connectivity index (χ1n) is 10.3. The number of hydrogen-bond donors (Lipinski definition) is 3. The molecule has 6 nitrogen and oxygen atoms in total. The van der Waals surface area contributed by atoms with Gasteiger partial charge in [-0.3, -0.25) is 4.79 Å². The summed E-state index contributed by atoms with van der Waals surface area (Å²) in [7, 11) is 0. The molecule has 7 heteroatoms. The van der Waals surface area contributed by atoms with E-state index in [1.807, 2.05) is 6.07 Å². The second-order valence-corrected chi connectivity index (χ2v) is 8.28. The quantitative estimate of drug-likeness (QED) is 0.724. The number of halogens is 1. The molecule has 0 saturated carbocycles. The number of rotatable bonds is 5. The molecule has 2 aliphatic heterocycles. The van der Waals surface area contributed by atoms with Gasteiger partial charge in [-0.05, 0) is 54.8 Å². The van der Waals surface area contributed by atoms with Crippen LogP contribution in [0.5, 0.6) is 0 Å². The van der Waals surface area contributed by atoms with Gasteiger partial charge in [0.15, 0.2) is 0 Å². The number of urea groups is 1. The van der Waals surface area contributed by atoms with Crippen molar-refractivity contribution in [2.24, 2.45) is 11.8 Å². The Morgan fingerprint density at radius 2 is 2.18 bits per heavy atom. The van der Waals surface area contributed by atoms with Crippen LogP contribution in [0.25, 0.3) is 0 Å². The van der Waals surface area contributed by atoms with E-state index in [0.717, 1.165) is 31.5 Å². The fourth-order valence-corrected chi connectivity index (χ4v) is 3.91. The zero-order valence-corrected chi connectivity index (χ0v) is 16.8. The highest BCUT2D eigenvalue weighted by Crippen LogP contribution is 2.26. The number of fused-ring (bicyclic) bond motifs is 1. The molecule has 0 aromatic heterocycles. The number of amides is 3. The van der Waals surface area contributed by atoms with E-state index >= 15 is 0 Å². The number of nitrogens with zero attached hydrogens (tertiary/aromatic N) is 1. The maximum Gasteiger partial charge on any atom is 0.317 e. The normalized spacial score (nSPS) is 19.3. The lowest BCUT2D eigenvalue weighted by molar-refractivity contribution is -0.117. The van der Waals surface area contributed by atoms with Gasteiger partial charge in [-0.15, -0.1) is 0 Å². The van der Waals surface area contributed by atoms with Gasteiger partial charge in [-0.25, -0.2) is 9.18 Å². The molecular weight excluding hydrogens is 359 g/mol. The number of hydrogen-bond acceptors (Lipinski definition) is 3. The van der Waals surface area contributed by atoms with Crippen LogP contribution >= 0.6 is 0 Å². The molecule has 154 valence electrons.